The Bertz CT molecular complexity index is 620. The number of non-ortho nitro benzene ring substituents is 1. The number of aliphatic hydroxyl groups excluding tert-OH is 1. The van der Waals surface area contributed by atoms with Crippen molar-refractivity contribution in [2.45, 2.75) is 4.90 Å². The highest BCUT2D eigenvalue weighted by Gasteiger charge is 2.29. The van der Waals surface area contributed by atoms with E-state index in [9.17, 15) is 22.9 Å². The van der Waals surface area contributed by atoms with Gasteiger partial charge in [-0.3, -0.25) is 10.1 Å². The Morgan fingerprint density at radius 3 is 2.55 bits per heavy atom. The lowest BCUT2D eigenvalue weighted by Crippen LogP contribution is -2.30. The fourth-order valence-electron chi connectivity index (χ4n) is 1.55. The van der Waals surface area contributed by atoms with E-state index in [4.69, 9.17) is 5.11 Å². The van der Waals surface area contributed by atoms with Crippen LogP contribution in [0.5, 0.6) is 0 Å². The van der Waals surface area contributed by atoms with Crippen LogP contribution >= 0.6 is 0 Å². The summed E-state index contributed by atoms with van der Waals surface area (Å²) in [5.74, 6) is -1.23. The standard InChI is InChI=1S/C10H14FN3O5S/c1-12-9-6-7(14(16)17)5-8(11)10(9)20(18,19)13(2)3-4-15/h5-6,12,15H,3-4H2,1-2H3. The summed E-state index contributed by atoms with van der Waals surface area (Å²) in [6, 6.07) is 1.48. The first kappa shape index (κ1) is 16.3. The number of likely N-dealkylation sites (N-methyl/N-ethyl adjacent to an activating group) is 1. The lowest BCUT2D eigenvalue weighted by atomic mass is 10.2. The SMILES string of the molecule is CNc1cc([N+](=O)[O-])cc(F)c1S(=O)(=O)N(C)CCO. The van der Waals surface area contributed by atoms with Gasteiger partial charge in [0.2, 0.25) is 10.0 Å². The van der Waals surface area contributed by atoms with Crippen LogP contribution in [0.2, 0.25) is 0 Å². The molecule has 0 fully saturated rings. The van der Waals surface area contributed by atoms with Gasteiger partial charge in [0.1, 0.15) is 4.90 Å². The molecule has 112 valence electrons. The molecule has 0 saturated carbocycles. The Kier molecular flexibility index (Phi) is 4.98. The molecule has 1 rings (SSSR count). The molecule has 0 aliphatic heterocycles. The van der Waals surface area contributed by atoms with E-state index in [2.05, 4.69) is 5.32 Å². The minimum atomic E-state index is -4.20. The van der Waals surface area contributed by atoms with Crippen LogP contribution in [0.15, 0.2) is 17.0 Å². The number of nitro benzene ring substituents is 1. The molecule has 0 unspecified atom stereocenters. The maximum Gasteiger partial charge on any atom is 0.274 e. The van der Waals surface area contributed by atoms with E-state index in [1.54, 1.807) is 0 Å². The first-order valence-corrected chi connectivity index (χ1v) is 6.92. The van der Waals surface area contributed by atoms with Gasteiger partial charge >= 0.3 is 0 Å². The average molecular weight is 307 g/mol. The van der Waals surface area contributed by atoms with Crippen molar-refractivity contribution in [1.29, 1.82) is 0 Å². The lowest BCUT2D eigenvalue weighted by Gasteiger charge is -2.18. The van der Waals surface area contributed by atoms with Gasteiger partial charge in [-0.05, 0) is 0 Å². The molecule has 0 radical (unpaired) electrons. The van der Waals surface area contributed by atoms with Gasteiger partial charge in [0.15, 0.2) is 5.82 Å². The predicted molar refractivity (Wildman–Crippen MR) is 69.5 cm³/mol. The minimum Gasteiger partial charge on any atom is -0.395 e. The number of nitrogens with one attached hydrogen (secondary N) is 1. The van der Waals surface area contributed by atoms with E-state index >= 15 is 0 Å². The third-order valence-electron chi connectivity index (χ3n) is 2.59. The molecule has 0 aliphatic rings. The predicted octanol–water partition coefficient (Wildman–Crippen LogP) is 0.388. The molecular weight excluding hydrogens is 293 g/mol. The highest BCUT2D eigenvalue weighted by Crippen LogP contribution is 2.31. The summed E-state index contributed by atoms with van der Waals surface area (Å²) in [4.78, 5) is 9.12. The number of hydrogen-bond acceptors (Lipinski definition) is 6. The number of sulfonamides is 1. The first-order chi connectivity index (χ1) is 9.25. The van der Waals surface area contributed by atoms with E-state index in [0.29, 0.717) is 6.07 Å². The molecule has 0 atom stereocenters. The zero-order valence-electron chi connectivity index (χ0n) is 10.8. The Morgan fingerprint density at radius 2 is 2.10 bits per heavy atom. The Hall–Kier alpha value is -1.78. The molecule has 2 N–H and O–H groups in total. The fraction of sp³-hybridized carbons (Fsp3) is 0.400. The van der Waals surface area contributed by atoms with Crippen molar-refractivity contribution in [3.8, 4) is 0 Å². The molecule has 0 spiro atoms. The lowest BCUT2D eigenvalue weighted by molar-refractivity contribution is -0.385. The third-order valence-corrected chi connectivity index (χ3v) is 4.53. The molecule has 1 aromatic carbocycles. The Labute approximate surface area is 115 Å². The number of hydrogen-bond donors (Lipinski definition) is 2. The van der Waals surface area contributed by atoms with Gasteiger partial charge in [0.05, 0.1) is 23.3 Å². The van der Waals surface area contributed by atoms with Gasteiger partial charge in [-0.15, -0.1) is 0 Å². The van der Waals surface area contributed by atoms with Crippen molar-refractivity contribution in [2.75, 3.05) is 32.6 Å². The van der Waals surface area contributed by atoms with Crippen LogP contribution < -0.4 is 5.32 Å². The number of nitrogens with zero attached hydrogens (tertiary/aromatic N) is 2. The molecule has 0 heterocycles. The van der Waals surface area contributed by atoms with Crippen molar-refractivity contribution >= 4 is 21.4 Å². The van der Waals surface area contributed by atoms with Crippen LogP contribution in [0.4, 0.5) is 15.8 Å². The molecule has 0 bridgehead atoms. The van der Waals surface area contributed by atoms with Crippen LogP contribution in [-0.4, -0.2) is 50.0 Å². The second kappa shape index (κ2) is 6.11. The van der Waals surface area contributed by atoms with Crippen LogP contribution in [0.1, 0.15) is 0 Å². The number of anilines is 1. The molecule has 0 aliphatic carbocycles. The van der Waals surface area contributed by atoms with Crippen molar-refractivity contribution in [3.63, 3.8) is 0 Å². The second-order valence-corrected chi connectivity index (χ2v) is 5.84. The molecule has 0 amide bonds. The Morgan fingerprint density at radius 1 is 1.50 bits per heavy atom. The van der Waals surface area contributed by atoms with Crippen LogP contribution in [0.3, 0.4) is 0 Å². The summed E-state index contributed by atoms with van der Waals surface area (Å²) in [5.41, 5.74) is -0.780. The highest BCUT2D eigenvalue weighted by molar-refractivity contribution is 7.89. The maximum absolute atomic E-state index is 13.9. The van der Waals surface area contributed by atoms with Crippen molar-refractivity contribution in [2.24, 2.45) is 0 Å². The van der Waals surface area contributed by atoms with E-state index in [1.165, 1.54) is 14.1 Å². The summed E-state index contributed by atoms with van der Waals surface area (Å²) in [7, 11) is -1.71. The van der Waals surface area contributed by atoms with Crippen molar-refractivity contribution < 1.29 is 22.8 Å². The maximum atomic E-state index is 13.9. The number of aliphatic hydroxyl groups is 1. The smallest absolute Gasteiger partial charge is 0.274 e. The van der Waals surface area contributed by atoms with Gasteiger partial charge in [-0.25, -0.2) is 12.8 Å². The normalized spacial score (nSPS) is 11.7. The van der Waals surface area contributed by atoms with E-state index in [-0.39, 0.29) is 12.2 Å². The molecular formula is C10H14FN3O5S. The average Bonchev–Trinajstić information content (AvgIpc) is 2.37. The number of nitro groups is 1. The highest BCUT2D eigenvalue weighted by atomic mass is 32.2. The quantitative estimate of drug-likeness (QED) is 0.580. The molecule has 0 aromatic heterocycles. The molecule has 0 saturated heterocycles. The molecule has 20 heavy (non-hydrogen) atoms. The summed E-state index contributed by atoms with van der Waals surface area (Å²) in [5, 5.41) is 21.8. The molecule has 8 nitrogen and oxygen atoms in total. The summed E-state index contributed by atoms with van der Waals surface area (Å²) >= 11 is 0. The minimum absolute atomic E-state index is 0.220. The van der Waals surface area contributed by atoms with Crippen molar-refractivity contribution in [3.05, 3.63) is 28.1 Å². The van der Waals surface area contributed by atoms with Crippen LogP contribution in [0.25, 0.3) is 0 Å². The van der Waals surface area contributed by atoms with Crippen LogP contribution in [0, 0.1) is 15.9 Å². The monoisotopic (exact) mass is 307 g/mol. The Balaban J connectivity index is 3.49. The van der Waals surface area contributed by atoms with Gasteiger partial charge in [-0.2, -0.15) is 4.31 Å². The first-order valence-electron chi connectivity index (χ1n) is 5.48. The largest absolute Gasteiger partial charge is 0.395 e. The number of halogens is 1. The third kappa shape index (κ3) is 3.03. The number of rotatable bonds is 6. The van der Waals surface area contributed by atoms with E-state index < -0.39 is 38.0 Å². The topological polar surface area (TPSA) is 113 Å². The summed E-state index contributed by atoms with van der Waals surface area (Å²) in [6.45, 7) is -0.652. The van der Waals surface area contributed by atoms with E-state index in [0.717, 1.165) is 10.4 Å². The van der Waals surface area contributed by atoms with E-state index in [1.807, 2.05) is 0 Å². The van der Waals surface area contributed by atoms with Gasteiger partial charge in [-0.1, -0.05) is 0 Å². The van der Waals surface area contributed by atoms with Gasteiger partial charge in [0, 0.05) is 26.7 Å². The number of benzene rings is 1. The molecule has 1 aromatic rings. The second-order valence-electron chi connectivity index (χ2n) is 3.86. The zero-order valence-corrected chi connectivity index (χ0v) is 11.6. The van der Waals surface area contributed by atoms with Crippen molar-refractivity contribution in [1.82, 2.24) is 4.31 Å². The summed E-state index contributed by atoms with van der Waals surface area (Å²) < 4.78 is 39.0. The summed E-state index contributed by atoms with van der Waals surface area (Å²) in [6.07, 6.45) is 0. The van der Waals surface area contributed by atoms with Gasteiger partial charge < -0.3 is 10.4 Å². The van der Waals surface area contributed by atoms with Crippen LogP contribution in [-0.2, 0) is 10.0 Å². The zero-order chi connectivity index (χ0) is 15.5. The van der Waals surface area contributed by atoms with Gasteiger partial charge in [0.25, 0.3) is 5.69 Å². The molecule has 10 heteroatoms. The fourth-order valence-corrected chi connectivity index (χ4v) is 2.93.